The minimum atomic E-state index is -0.556. The second kappa shape index (κ2) is 8.59. The van der Waals surface area contributed by atoms with E-state index < -0.39 is 16.9 Å². The van der Waals surface area contributed by atoms with Crippen LogP contribution in [0.5, 0.6) is 0 Å². The van der Waals surface area contributed by atoms with Gasteiger partial charge in [0, 0.05) is 27.1 Å². The molecular formula is C17H13Cl2N5O3S. The fourth-order valence-corrected chi connectivity index (χ4v) is 3.83. The van der Waals surface area contributed by atoms with Gasteiger partial charge < -0.3 is 5.32 Å². The zero-order valence-corrected chi connectivity index (χ0v) is 16.7. The molecule has 3 rings (SSSR count). The largest absolute Gasteiger partial charge is 0.345 e. The number of rotatable bonds is 6. The average molecular weight is 438 g/mol. The molecule has 0 bridgehead atoms. The topological polar surface area (TPSA) is 114 Å². The van der Waals surface area contributed by atoms with E-state index in [-0.39, 0.29) is 11.3 Å². The van der Waals surface area contributed by atoms with Crippen LogP contribution in [0, 0.1) is 10.1 Å². The molecule has 0 aliphatic rings. The number of carbonyl (C=O) groups is 1. The number of carbonyl (C=O) groups excluding carboxylic acids is 1. The average Bonchev–Trinajstić information content (AvgIpc) is 3.14. The molecule has 2 aromatic carbocycles. The van der Waals surface area contributed by atoms with Gasteiger partial charge in [0.2, 0.25) is 0 Å². The smallest absolute Gasteiger partial charge is 0.270 e. The summed E-state index contributed by atoms with van der Waals surface area (Å²) < 4.78 is 0. The standard InChI is InChI=1S/C17H13Cl2N5O3S/c1-9(12-4-2-10(18)6-14(12)19)22-16(25)13-7-11(24(26)27)3-5-15(13)28-17-20-8-21-23-17/h2-9H,1H3,(H,22,25)(H,20,21,23)/t9-/m1/s1. The van der Waals surface area contributed by atoms with Crippen molar-refractivity contribution in [2.45, 2.75) is 23.0 Å². The third kappa shape index (κ3) is 4.61. The lowest BCUT2D eigenvalue weighted by Crippen LogP contribution is -2.27. The van der Waals surface area contributed by atoms with Gasteiger partial charge in [0.15, 0.2) is 5.16 Å². The molecule has 0 spiro atoms. The van der Waals surface area contributed by atoms with E-state index in [1.165, 1.54) is 24.5 Å². The SMILES string of the molecule is C[C@@H](NC(=O)c1cc([N+](=O)[O-])ccc1Sc1ncn[nH]1)c1ccc(Cl)cc1Cl. The highest BCUT2D eigenvalue weighted by Gasteiger charge is 2.21. The Bertz CT molecular complexity index is 1030. The molecule has 3 aromatic rings. The number of nitro groups is 1. The van der Waals surface area contributed by atoms with E-state index in [0.717, 1.165) is 11.8 Å². The summed E-state index contributed by atoms with van der Waals surface area (Å²) in [4.78, 5) is 27.9. The lowest BCUT2D eigenvalue weighted by atomic mass is 10.1. The summed E-state index contributed by atoms with van der Waals surface area (Å²) in [5.41, 5.74) is 0.631. The number of non-ortho nitro benzene ring substituents is 1. The fourth-order valence-electron chi connectivity index (χ4n) is 2.45. The number of nitrogens with one attached hydrogen (secondary N) is 2. The molecule has 0 saturated heterocycles. The molecule has 1 heterocycles. The zero-order chi connectivity index (χ0) is 20.3. The quantitative estimate of drug-likeness (QED) is 0.427. The van der Waals surface area contributed by atoms with E-state index >= 15 is 0 Å². The third-order valence-electron chi connectivity index (χ3n) is 3.79. The van der Waals surface area contributed by atoms with Gasteiger partial charge >= 0.3 is 0 Å². The number of hydrogen-bond donors (Lipinski definition) is 2. The molecule has 11 heteroatoms. The number of amides is 1. The van der Waals surface area contributed by atoms with Crippen molar-refractivity contribution in [1.29, 1.82) is 0 Å². The summed E-state index contributed by atoms with van der Waals surface area (Å²) in [6.45, 7) is 1.76. The van der Waals surface area contributed by atoms with Crippen LogP contribution < -0.4 is 5.32 Å². The van der Waals surface area contributed by atoms with Crippen molar-refractivity contribution in [3.63, 3.8) is 0 Å². The maximum Gasteiger partial charge on any atom is 0.270 e. The van der Waals surface area contributed by atoms with Crippen molar-refractivity contribution in [3.8, 4) is 0 Å². The van der Waals surface area contributed by atoms with Gasteiger partial charge in [0.1, 0.15) is 6.33 Å². The summed E-state index contributed by atoms with van der Waals surface area (Å²) in [6.07, 6.45) is 1.33. The summed E-state index contributed by atoms with van der Waals surface area (Å²) in [6, 6.07) is 8.58. The predicted molar refractivity (Wildman–Crippen MR) is 106 cm³/mol. The summed E-state index contributed by atoms with van der Waals surface area (Å²) >= 11 is 13.2. The third-order valence-corrected chi connectivity index (χ3v) is 5.32. The van der Waals surface area contributed by atoms with Crippen LogP contribution in [-0.4, -0.2) is 26.0 Å². The van der Waals surface area contributed by atoms with Crippen molar-refractivity contribution in [3.05, 3.63) is 74.0 Å². The Morgan fingerprint density at radius 1 is 1.29 bits per heavy atom. The Kier molecular flexibility index (Phi) is 6.18. The maximum atomic E-state index is 12.9. The van der Waals surface area contributed by atoms with Crippen LogP contribution in [0.25, 0.3) is 0 Å². The van der Waals surface area contributed by atoms with Gasteiger partial charge in [0.25, 0.3) is 11.6 Å². The number of nitro benzene ring substituents is 1. The summed E-state index contributed by atoms with van der Waals surface area (Å²) in [7, 11) is 0. The highest BCUT2D eigenvalue weighted by atomic mass is 35.5. The maximum absolute atomic E-state index is 12.9. The molecule has 1 aromatic heterocycles. The van der Waals surface area contributed by atoms with E-state index in [9.17, 15) is 14.9 Å². The van der Waals surface area contributed by atoms with Gasteiger partial charge in [-0.05, 0) is 42.4 Å². The Morgan fingerprint density at radius 3 is 2.71 bits per heavy atom. The monoisotopic (exact) mass is 437 g/mol. The molecular weight excluding hydrogens is 425 g/mol. The molecule has 0 unspecified atom stereocenters. The van der Waals surface area contributed by atoms with E-state index in [4.69, 9.17) is 23.2 Å². The van der Waals surface area contributed by atoms with Crippen LogP contribution in [0.15, 0.2) is 52.8 Å². The van der Waals surface area contributed by atoms with Crippen LogP contribution in [0.3, 0.4) is 0 Å². The molecule has 2 N–H and O–H groups in total. The predicted octanol–water partition coefficient (Wildman–Crippen LogP) is 4.66. The second-order valence-corrected chi connectivity index (χ2v) is 7.57. The lowest BCUT2D eigenvalue weighted by Gasteiger charge is -2.17. The molecule has 28 heavy (non-hydrogen) atoms. The number of aromatic nitrogens is 3. The van der Waals surface area contributed by atoms with E-state index in [2.05, 4.69) is 20.5 Å². The van der Waals surface area contributed by atoms with Gasteiger partial charge in [-0.2, -0.15) is 5.10 Å². The highest BCUT2D eigenvalue weighted by Crippen LogP contribution is 2.31. The van der Waals surface area contributed by atoms with E-state index in [1.54, 1.807) is 25.1 Å². The Morgan fingerprint density at radius 2 is 2.07 bits per heavy atom. The zero-order valence-electron chi connectivity index (χ0n) is 14.3. The first kappa shape index (κ1) is 20.1. The van der Waals surface area contributed by atoms with Gasteiger partial charge in [-0.25, -0.2) is 4.98 Å². The lowest BCUT2D eigenvalue weighted by molar-refractivity contribution is -0.384. The van der Waals surface area contributed by atoms with E-state index in [0.29, 0.717) is 25.7 Å². The molecule has 0 aliphatic carbocycles. The minimum absolute atomic E-state index is 0.146. The molecule has 0 saturated carbocycles. The second-order valence-electron chi connectivity index (χ2n) is 5.69. The van der Waals surface area contributed by atoms with Gasteiger partial charge in [-0.15, -0.1) is 0 Å². The Labute approximate surface area is 173 Å². The van der Waals surface area contributed by atoms with Crippen LogP contribution in [0.4, 0.5) is 5.69 Å². The number of benzene rings is 2. The molecule has 8 nitrogen and oxygen atoms in total. The fraction of sp³-hybridized carbons (Fsp3) is 0.118. The molecule has 0 fully saturated rings. The molecule has 1 amide bonds. The van der Waals surface area contributed by atoms with Crippen molar-refractivity contribution >= 4 is 46.6 Å². The number of H-pyrrole nitrogens is 1. The first-order chi connectivity index (χ1) is 13.3. The summed E-state index contributed by atoms with van der Waals surface area (Å²) in [5, 5.41) is 21.7. The first-order valence-electron chi connectivity index (χ1n) is 7.92. The van der Waals surface area contributed by atoms with Gasteiger partial charge in [0.05, 0.1) is 16.5 Å². The Hall–Kier alpha value is -2.62. The summed E-state index contributed by atoms with van der Waals surface area (Å²) in [5.74, 6) is -0.482. The normalized spacial score (nSPS) is 11.8. The Balaban J connectivity index is 1.90. The first-order valence-corrected chi connectivity index (χ1v) is 9.50. The highest BCUT2D eigenvalue weighted by molar-refractivity contribution is 7.99. The van der Waals surface area contributed by atoms with Crippen LogP contribution in [0.1, 0.15) is 28.9 Å². The van der Waals surface area contributed by atoms with Crippen molar-refractivity contribution in [2.75, 3.05) is 0 Å². The van der Waals surface area contributed by atoms with Crippen LogP contribution in [0.2, 0.25) is 10.0 Å². The number of nitrogens with zero attached hydrogens (tertiary/aromatic N) is 3. The van der Waals surface area contributed by atoms with E-state index in [1.807, 2.05) is 0 Å². The number of hydrogen-bond acceptors (Lipinski definition) is 6. The number of aromatic amines is 1. The van der Waals surface area contributed by atoms with Gasteiger partial charge in [-0.3, -0.25) is 20.0 Å². The van der Waals surface area contributed by atoms with Crippen molar-refractivity contribution in [1.82, 2.24) is 20.5 Å². The van der Waals surface area contributed by atoms with Gasteiger partial charge in [-0.1, -0.05) is 29.3 Å². The van der Waals surface area contributed by atoms with Crippen LogP contribution in [-0.2, 0) is 0 Å². The molecule has 0 radical (unpaired) electrons. The van der Waals surface area contributed by atoms with Crippen molar-refractivity contribution in [2.24, 2.45) is 0 Å². The van der Waals surface area contributed by atoms with Crippen molar-refractivity contribution < 1.29 is 9.72 Å². The molecule has 1 atom stereocenters. The molecule has 0 aliphatic heterocycles. The molecule has 144 valence electrons. The minimum Gasteiger partial charge on any atom is -0.345 e. The van der Waals surface area contributed by atoms with Crippen LogP contribution >= 0.6 is 35.0 Å². The number of halogens is 2.